The van der Waals surface area contributed by atoms with E-state index in [2.05, 4.69) is 18.8 Å². The molecular weight excluding hydrogens is 220 g/mol. The third kappa shape index (κ3) is 13.7. The van der Waals surface area contributed by atoms with E-state index in [0.717, 1.165) is 6.54 Å². The Balaban J connectivity index is 2.96. The maximum absolute atomic E-state index is 5.67. The van der Waals surface area contributed by atoms with E-state index in [1.807, 2.05) is 0 Å². The van der Waals surface area contributed by atoms with E-state index in [0.29, 0.717) is 0 Å². The Morgan fingerprint density at radius 3 is 1.78 bits per heavy atom. The molecule has 0 rings (SSSR count). The molecule has 0 saturated heterocycles. The minimum absolute atomic E-state index is 0.0341. The average molecular weight is 254 g/mol. The van der Waals surface area contributed by atoms with Gasteiger partial charge in [0.2, 0.25) is 0 Å². The lowest BCUT2D eigenvalue weighted by Crippen LogP contribution is -2.35. The fraction of sp³-hybridized carbons (Fsp3) is 0.875. The highest BCUT2D eigenvalue weighted by molar-refractivity contribution is 4.79. The zero-order valence-electron chi connectivity index (χ0n) is 12.4. The van der Waals surface area contributed by atoms with Crippen molar-refractivity contribution in [1.29, 1.82) is 0 Å². The van der Waals surface area contributed by atoms with Gasteiger partial charge in [-0.05, 0) is 13.0 Å². The third-order valence-electron chi connectivity index (χ3n) is 3.41. The van der Waals surface area contributed by atoms with Crippen molar-refractivity contribution in [3.63, 3.8) is 0 Å². The molecule has 1 unspecified atom stereocenters. The topological polar surface area (TPSA) is 38.0 Å². The highest BCUT2D eigenvalue weighted by Crippen LogP contribution is 2.10. The summed E-state index contributed by atoms with van der Waals surface area (Å²) in [6.07, 6.45) is 17.0. The van der Waals surface area contributed by atoms with Gasteiger partial charge >= 0.3 is 0 Å². The van der Waals surface area contributed by atoms with Gasteiger partial charge < -0.3 is 5.73 Å². The number of rotatable bonds is 14. The van der Waals surface area contributed by atoms with E-state index in [-0.39, 0.29) is 6.17 Å². The Hall–Kier alpha value is -0.340. The number of nitrogens with one attached hydrogen (secondary N) is 1. The predicted molar refractivity (Wildman–Crippen MR) is 82.6 cm³/mol. The van der Waals surface area contributed by atoms with E-state index in [9.17, 15) is 0 Å². The second-order valence-corrected chi connectivity index (χ2v) is 5.25. The minimum atomic E-state index is -0.0341. The largest absolute Gasteiger partial charge is 0.313 e. The fourth-order valence-electron chi connectivity index (χ4n) is 2.14. The number of unbranched alkanes of at least 4 members (excludes halogenated alkanes) is 10. The highest BCUT2D eigenvalue weighted by atomic mass is 15.0. The van der Waals surface area contributed by atoms with Gasteiger partial charge in [-0.1, -0.05) is 77.2 Å². The molecule has 0 amide bonds. The zero-order valence-corrected chi connectivity index (χ0v) is 12.4. The van der Waals surface area contributed by atoms with Crippen molar-refractivity contribution < 1.29 is 0 Å². The van der Waals surface area contributed by atoms with Crippen molar-refractivity contribution in [1.82, 2.24) is 5.32 Å². The van der Waals surface area contributed by atoms with Gasteiger partial charge in [-0.2, -0.15) is 0 Å². The maximum Gasteiger partial charge on any atom is 0.0736 e. The first-order chi connectivity index (χ1) is 8.81. The molecule has 2 heteroatoms. The van der Waals surface area contributed by atoms with E-state index < -0.39 is 0 Å². The molecule has 0 bridgehead atoms. The molecule has 0 aromatic carbocycles. The molecule has 3 N–H and O–H groups in total. The molecule has 2 nitrogen and oxygen atoms in total. The Bertz CT molecular complexity index is 168. The normalized spacial score (nSPS) is 12.6. The summed E-state index contributed by atoms with van der Waals surface area (Å²) < 4.78 is 0. The molecule has 1 atom stereocenters. The van der Waals surface area contributed by atoms with Crippen LogP contribution in [0.1, 0.15) is 77.6 Å². The van der Waals surface area contributed by atoms with Crippen LogP contribution in [0.5, 0.6) is 0 Å². The van der Waals surface area contributed by atoms with Gasteiger partial charge in [0.25, 0.3) is 0 Å². The van der Waals surface area contributed by atoms with Gasteiger partial charge in [0.15, 0.2) is 0 Å². The summed E-state index contributed by atoms with van der Waals surface area (Å²) in [5.74, 6) is 0. The van der Waals surface area contributed by atoms with E-state index in [1.54, 1.807) is 6.08 Å². The molecule has 0 aromatic heterocycles. The second kappa shape index (κ2) is 14.7. The number of nitrogens with two attached hydrogens (primary N) is 1. The first-order valence-corrected chi connectivity index (χ1v) is 7.92. The standard InChI is InChI=1S/C16H34N2/c1-3-5-6-7-8-9-10-11-12-13-14-15-18-16(17)4-2/h4,16,18H,2-3,5-15,17H2,1H3. The lowest BCUT2D eigenvalue weighted by Gasteiger charge is -2.08. The van der Waals surface area contributed by atoms with Gasteiger partial charge in [0.1, 0.15) is 0 Å². The Morgan fingerprint density at radius 1 is 0.889 bits per heavy atom. The lowest BCUT2D eigenvalue weighted by atomic mass is 10.1. The minimum Gasteiger partial charge on any atom is -0.313 e. The molecule has 0 saturated carbocycles. The van der Waals surface area contributed by atoms with Crippen LogP contribution in [0, 0.1) is 0 Å². The fourth-order valence-corrected chi connectivity index (χ4v) is 2.14. The van der Waals surface area contributed by atoms with E-state index in [1.165, 1.54) is 70.6 Å². The van der Waals surface area contributed by atoms with Gasteiger partial charge in [0, 0.05) is 0 Å². The molecule has 0 aliphatic rings. The SMILES string of the molecule is C=CC(N)NCCCCCCCCCCCCC. The van der Waals surface area contributed by atoms with Crippen molar-refractivity contribution in [3.8, 4) is 0 Å². The first-order valence-electron chi connectivity index (χ1n) is 7.92. The van der Waals surface area contributed by atoms with Crippen LogP contribution in [0.25, 0.3) is 0 Å². The van der Waals surface area contributed by atoms with Crippen molar-refractivity contribution >= 4 is 0 Å². The van der Waals surface area contributed by atoms with E-state index >= 15 is 0 Å². The van der Waals surface area contributed by atoms with Crippen LogP contribution in [-0.2, 0) is 0 Å². The van der Waals surface area contributed by atoms with Gasteiger partial charge in [-0.15, -0.1) is 6.58 Å². The number of hydrogen-bond acceptors (Lipinski definition) is 2. The van der Waals surface area contributed by atoms with Crippen LogP contribution in [0.15, 0.2) is 12.7 Å². The predicted octanol–water partition coefficient (Wildman–Crippen LogP) is 4.36. The molecule has 0 aliphatic heterocycles. The Kier molecular flexibility index (Phi) is 14.4. The summed E-state index contributed by atoms with van der Waals surface area (Å²) in [4.78, 5) is 0. The van der Waals surface area contributed by atoms with Crippen molar-refractivity contribution in [2.75, 3.05) is 6.54 Å². The molecule has 0 spiro atoms. The molecular formula is C16H34N2. The van der Waals surface area contributed by atoms with Gasteiger partial charge in [-0.3, -0.25) is 5.32 Å². The summed E-state index contributed by atoms with van der Waals surface area (Å²) in [6, 6.07) is 0. The summed E-state index contributed by atoms with van der Waals surface area (Å²) in [5, 5.41) is 3.22. The van der Waals surface area contributed by atoms with Crippen LogP contribution in [0.3, 0.4) is 0 Å². The Morgan fingerprint density at radius 2 is 1.33 bits per heavy atom. The summed E-state index contributed by atoms with van der Waals surface area (Å²) in [5.41, 5.74) is 5.67. The van der Waals surface area contributed by atoms with E-state index in [4.69, 9.17) is 5.73 Å². The summed E-state index contributed by atoms with van der Waals surface area (Å²) in [7, 11) is 0. The first kappa shape index (κ1) is 17.7. The zero-order chi connectivity index (χ0) is 13.5. The third-order valence-corrected chi connectivity index (χ3v) is 3.41. The van der Waals surface area contributed by atoms with Crippen molar-refractivity contribution in [3.05, 3.63) is 12.7 Å². The Labute approximate surface area is 114 Å². The van der Waals surface area contributed by atoms with Crippen LogP contribution < -0.4 is 11.1 Å². The summed E-state index contributed by atoms with van der Waals surface area (Å²) >= 11 is 0. The van der Waals surface area contributed by atoms with Gasteiger partial charge in [0.05, 0.1) is 6.17 Å². The van der Waals surface area contributed by atoms with Crippen molar-refractivity contribution in [2.24, 2.45) is 5.73 Å². The average Bonchev–Trinajstić information content (AvgIpc) is 2.39. The molecule has 18 heavy (non-hydrogen) atoms. The smallest absolute Gasteiger partial charge is 0.0736 e. The monoisotopic (exact) mass is 254 g/mol. The van der Waals surface area contributed by atoms with Gasteiger partial charge in [-0.25, -0.2) is 0 Å². The molecule has 0 heterocycles. The molecule has 0 radical (unpaired) electrons. The molecule has 0 aliphatic carbocycles. The maximum atomic E-state index is 5.67. The highest BCUT2D eigenvalue weighted by Gasteiger charge is 1.95. The quantitative estimate of drug-likeness (QED) is 0.275. The van der Waals surface area contributed by atoms with Crippen LogP contribution in [0.2, 0.25) is 0 Å². The van der Waals surface area contributed by atoms with Crippen molar-refractivity contribution in [2.45, 2.75) is 83.7 Å². The molecule has 108 valence electrons. The second-order valence-electron chi connectivity index (χ2n) is 5.25. The van der Waals surface area contributed by atoms with Crippen LogP contribution in [0.4, 0.5) is 0 Å². The molecule has 0 aromatic rings. The van der Waals surface area contributed by atoms with Crippen LogP contribution in [-0.4, -0.2) is 12.7 Å². The lowest BCUT2D eigenvalue weighted by molar-refractivity contribution is 0.528. The van der Waals surface area contributed by atoms with Crippen LogP contribution >= 0.6 is 0 Å². The molecule has 0 fully saturated rings. The number of hydrogen-bond donors (Lipinski definition) is 2. The summed E-state index contributed by atoms with van der Waals surface area (Å²) in [6.45, 7) is 6.94.